The molecule has 156 valence electrons. The van der Waals surface area contributed by atoms with Crippen molar-refractivity contribution in [3.05, 3.63) is 40.3 Å². The summed E-state index contributed by atoms with van der Waals surface area (Å²) in [6, 6.07) is 6.79. The number of rotatable bonds is 7. The number of Topliss-reactive ketones (excluding diaryl/α,β-unsaturated/α-hetero) is 1. The minimum absolute atomic E-state index is 0.0104. The molecule has 1 unspecified atom stereocenters. The van der Waals surface area contributed by atoms with Gasteiger partial charge in [0.1, 0.15) is 0 Å². The van der Waals surface area contributed by atoms with E-state index in [1.165, 1.54) is 16.3 Å². The van der Waals surface area contributed by atoms with Crippen LogP contribution in [0.25, 0.3) is 0 Å². The van der Waals surface area contributed by atoms with E-state index < -0.39 is 5.41 Å². The average Bonchev–Trinajstić information content (AvgIpc) is 3.31. The van der Waals surface area contributed by atoms with Crippen molar-refractivity contribution >= 4 is 29.1 Å². The van der Waals surface area contributed by atoms with Gasteiger partial charge in [-0.2, -0.15) is 0 Å². The molecule has 0 spiro atoms. The first-order valence-corrected chi connectivity index (χ1v) is 10.6. The number of ketones is 1. The van der Waals surface area contributed by atoms with Gasteiger partial charge in [0, 0.05) is 23.3 Å². The zero-order valence-corrected chi connectivity index (χ0v) is 17.7. The standard InChI is InChI=1S/C20H26N4O4S/c1-20(2,3)17(26)21-14-8-6-13(7-9-14)16(25)12-29-19-23-22-18(27)24(19)11-15-5-4-10-28-15/h6-9,15H,4-5,10-12H2,1-3H3,(H,21,26)(H,22,27). The number of nitrogens with one attached hydrogen (secondary N) is 2. The van der Waals surface area contributed by atoms with E-state index in [0.29, 0.717) is 29.6 Å². The van der Waals surface area contributed by atoms with Gasteiger partial charge in [-0.1, -0.05) is 32.5 Å². The van der Waals surface area contributed by atoms with E-state index in [1.807, 2.05) is 20.8 Å². The number of anilines is 1. The van der Waals surface area contributed by atoms with Gasteiger partial charge in [-0.05, 0) is 37.1 Å². The number of hydrogen-bond acceptors (Lipinski definition) is 6. The Balaban J connectivity index is 1.58. The van der Waals surface area contributed by atoms with Crippen LogP contribution in [-0.2, 0) is 16.1 Å². The summed E-state index contributed by atoms with van der Waals surface area (Å²) in [4.78, 5) is 36.6. The van der Waals surface area contributed by atoms with Gasteiger partial charge in [-0.25, -0.2) is 9.89 Å². The molecule has 0 saturated carbocycles. The number of thioether (sulfide) groups is 1. The highest BCUT2D eigenvalue weighted by atomic mass is 32.2. The zero-order chi connectivity index (χ0) is 21.0. The van der Waals surface area contributed by atoms with Crippen molar-refractivity contribution in [1.29, 1.82) is 0 Å². The number of amides is 1. The number of H-pyrrole nitrogens is 1. The molecule has 29 heavy (non-hydrogen) atoms. The quantitative estimate of drug-likeness (QED) is 0.529. The Morgan fingerprint density at radius 2 is 2.03 bits per heavy atom. The molecule has 8 nitrogen and oxygen atoms in total. The third-order valence-corrected chi connectivity index (χ3v) is 5.59. The predicted molar refractivity (Wildman–Crippen MR) is 111 cm³/mol. The van der Waals surface area contributed by atoms with Gasteiger partial charge in [-0.15, -0.1) is 5.10 Å². The first-order valence-electron chi connectivity index (χ1n) is 9.58. The Morgan fingerprint density at radius 3 is 2.66 bits per heavy atom. The molecule has 2 aromatic rings. The fourth-order valence-electron chi connectivity index (χ4n) is 2.84. The summed E-state index contributed by atoms with van der Waals surface area (Å²) in [6.07, 6.45) is 1.92. The zero-order valence-electron chi connectivity index (χ0n) is 16.9. The van der Waals surface area contributed by atoms with Crippen molar-refractivity contribution in [3.8, 4) is 0 Å². The second-order valence-electron chi connectivity index (χ2n) is 8.05. The molecule has 1 atom stereocenters. The second-order valence-corrected chi connectivity index (χ2v) is 8.99. The summed E-state index contributed by atoms with van der Waals surface area (Å²) in [5, 5.41) is 9.78. The number of carbonyl (C=O) groups excluding carboxylic acids is 2. The molecule has 1 fully saturated rings. The number of aromatic nitrogens is 3. The van der Waals surface area contributed by atoms with Gasteiger partial charge in [0.15, 0.2) is 10.9 Å². The van der Waals surface area contributed by atoms with Crippen LogP contribution in [0, 0.1) is 5.41 Å². The number of carbonyl (C=O) groups is 2. The fraction of sp³-hybridized carbons (Fsp3) is 0.500. The topological polar surface area (TPSA) is 106 Å². The van der Waals surface area contributed by atoms with Crippen LogP contribution in [-0.4, -0.2) is 44.9 Å². The Morgan fingerprint density at radius 1 is 1.31 bits per heavy atom. The van der Waals surface area contributed by atoms with Gasteiger partial charge in [0.2, 0.25) is 5.91 Å². The van der Waals surface area contributed by atoms with Crippen molar-refractivity contribution in [2.45, 2.75) is 51.4 Å². The van der Waals surface area contributed by atoms with Crippen LogP contribution >= 0.6 is 11.8 Å². The van der Waals surface area contributed by atoms with Gasteiger partial charge in [0.05, 0.1) is 18.4 Å². The lowest BCUT2D eigenvalue weighted by atomic mass is 9.95. The molecular weight excluding hydrogens is 392 g/mol. The van der Waals surface area contributed by atoms with E-state index in [9.17, 15) is 14.4 Å². The monoisotopic (exact) mass is 418 g/mol. The van der Waals surface area contributed by atoms with Gasteiger partial charge in [-0.3, -0.25) is 14.2 Å². The summed E-state index contributed by atoms with van der Waals surface area (Å²) in [7, 11) is 0. The maximum atomic E-state index is 12.5. The van der Waals surface area contributed by atoms with E-state index in [0.717, 1.165) is 12.8 Å². The van der Waals surface area contributed by atoms with E-state index in [4.69, 9.17) is 4.74 Å². The van der Waals surface area contributed by atoms with Crippen molar-refractivity contribution in [2.75, 3.05) is 17.7 Å². The van der Waals surface area contributed by atoms with Crippen LogP contribution in [0.3, 0.4) is 0 Å². The van der Waals surface area contributed by atoms with Crippen molar-refractivity contribution in [3.63, 3.8) is 0 Å². The van der Waals surface area contributed by atoms with Crippen LogP contribution < -0.4 is 11.0 Å². The Bertz CT molecular complexity index is 921. The Labute approximate surface area is 173 Å². The highest BCUT2D eigenvalue weighted by Crippen LogP contribution is 2.21. The molecule has 0 bridgehead atoms. The molecule has 1 amide bonds. The van der Waals surface area contributed by atoms with Gasteiger partial charge < -0.3 is 10.1 Å². The van der Waals surface area contributed by atoms with Crippen LogP contribution in [0.5, 0.6) is 0 Å². The average molecular weight is 419 g/mol. The highest BCUT2D eigenvalue weighted by molar-refractivity contribution is 7.99. The predicted octanol–water partition coefficient (Wildman–Crippen LogP) is 2.71. The lowest BCUT2D eigenvalue weighted by molar-refractivity contribution is -0.123. The first kappa shape index (κ1) is 21.3. The maximum Gasteiger partial charge on any atom is 0.344 e. The summed E-state index contributed by atoms with van der Waals surface area (Å²) in [5.41, 5.74) is 0.393. The SMILES string of the molecule is CC(C)(C)C(=O)Nc1ccc(C(=O)CSc2n[nH]c(=O)n2CC2CCCO2)cc1. The summed E-state index contributed by atoms with van der Waals surface area (Å²) in [5.74, 6) is -0.0125. The number of benzene rings is 1. The Kier molecular flexibility index (Phi) is 6.59. The molecule has 0 aliphatic carbocycles. The first-order chi connectivity index (χ1) is 13.7. The lowest BCUT2D eigenvalue weighted by Crippen LogP contribution is -2.27. The third-order valence-electron chi connectivity index (χ3n) is 4.61. The molecule has 2 N–H and O–H groups in total. The molecule has 0 radical (unpaired) electrons. The molecule has 2 heterocycles. The summed E-state index contributed by atoms with van der Waals surface area (Å²) >= 11 is 1.22. The lowest BCUT2D eigenvalue weighted by Gasteiger charge is -2.17. The molecule has 1 aliphatic heterocycles. The van der Waals surface area contributed by atoms with E-state index >= 15 is 0 Å². The number of nitrogens with zero attached hydrogens (tertiary/aromatic N) is 2. The highest BCUT2D eigenvalue weighted by Gasteiger charge is 2.22. The number of ether oxygens (including phenoxy) is 1. The molecule has 1 aromatic heterocycles. The minimum Gasteiger partial charge on any atom is -0.376 e. The maximum absolute atomic E-state index is 12.5. The molecule has 1 aromatic carbocycles. The molecule has 1 aliphatic rings. The van der Waals surface area contributed by atoms with E-state index in [-0.39, 0.29) is 29.2 Å². The fourth-order valence-corrected chi connectivity index (χ4v) is 3.69. The van der Waals surface area contributed by atoms with Crippen molar-refractivity contribution in [2.24, 2.45) is 5.41 Å². The Hall–Kier alpha value is -2.39. The minimum atomic E-state index is -0.492. The van der Waals surface area contributed by atoms with Crippen LogP contribution in [0.2, 0.25) is 0 Å². The molecule has 1 saturated heterocycles. The molecule has 9 heteroatoms. The molecular formula is C20H26N4O4S. The van der Waals surface area contributed by atoms with E-state index in [1.54, 1.807) is 24.3 Å². The largest absolute Gasteiger partial charge is 0.376 e. The normalized spacial score (nSPS) is 16.7. The van der Waals surface area contributed by atoms with Crippen LogP contribution in [0.15, 0.2) is 34.2 Å². The summed E-state index contributed by atoms with van der Waals surface area (Å²) < 4.78 is 7.11. The smallest absolute Gasteiger partial charge is 0.344 e. The number of aromatic amines is 1. The van der Waals surface area contributed by atoms with Crippen molar-refractivity contribution < 1.29 is 14.3 Å². The third kappa shape index (κ3) is 5.57. The van der Waals surface area contributed by atoms with Crippen molar-refractivity contribution in [1.82, 2.24) is 14.8 Å². The summed E-state index contributed by atoms with van der Waals surface area (Å²) in [6.45, 7) is 6.67. The number of hydrogen-bond donors (Lipinski definition) is 2. The van der Waals surface area contributed by atoms with Crippen LogP contribution in [0.4, 0.5) is 5.69 Å². The van der Waals surface area contributed by atoms with Crippen LogP contribution in [0.1, 0.15) is 44.0 Å². The van der Waals surface area contributed by atoms with E-state index in [2.05, 4.69) is 15.5 Å². The molecule has 3 rings (SSSR count). The van der Waals surface area contributed by atoms with Gasteiger partial charge in [0.25, 0.3) is 0 Å². The van der Waals surface area contributed by atoms with Gasteiger partial charge >= 0.3 is 5.69 Å². The second kappa shape index (κ2) is 8.96.